The lowest BCUT2D eigenvalue weighted by Crippen LogP contribution is -2.09. The second-order valence-corrected chi connectivity index (χ2v) is 5.13. The molecule has 0 aliphatic carbocycles. The van der Waals surface area contributed by atoms with E-state index in [9.17, 15) is 23.4 Å². The van der Waals surface area contributed by atoms with Gasteiger partial charge in [0.1, 0.15) is 11.3 Å². The van der Waals surface area contributed by atoms with E-state index < -0.39 is 38.0 Å². The van der Waals surface area contributed by atoms with Gasteiger partial charge in [-0.25, -0.2) is 4.79 Å². The van der Waals surface area contributed by atoms with Crippen molar-refractivity contribution in [3.8, 4) is 11.5 Å². The highest BCUT2D eigenvalue weighted by molar-refractivity contribution is 7.86. The summed E-state index contributed by atoms with van der Waals surface area (Å²) in [6.07, 6.45) is 1.42. The van der Waals surface area contributed by atoms with Gasteiger partial charge in [-0.3, -0.25) is 4.55 Å². The lowest BCUT2D eigenvalue weighted by Gasteiger charge is -2.09. The van der Waals surface area contributed by atoms with E-state index in [0.717, 1.165) is 18.6 Å². The molecule has 1 aromatic rings. The SMILES string of the molecule is CCCCOC(=O)c1ccc(O)c(S(=O)(=O)O)c1O. The molecule has 1 aromatic carbocycles. The minimum Gasteiger partial charge on any atom is -0.506 e. The predicted octanol–water partition coefficient (Wildman–Crippen LogP) is 1.30. The number of carbonyl (C=O) groups excluding carboxylic acids is 1. The number of hydrogen-bond acceptors (Lipinski definition) is 6. The molecular formula is C11H14O7S. The third-order valence-electron chi connectivity index (χ3n) is 2.32. The van der Waals surface area contributed by atoms with Gasteiger partial charge in [-0.1, -0.05) is 13.3 Å². The highest BCUT2D eigenvalue weighted by Gasteiger charge is 2.26. The number of phenols is 2. The van der Waals surface area contributed by atoms with Crippen LogP contribution in [0.1, 0.15) is 30.1 Å². The van der Waals surface area contributed by atoms with Crippen LogP contribution in [0.15, 0.2) is 17.0 Å². The second kappa shape index (κ2) is 5.89. The minimum absolute atomic E-state index is 0.122. The molecule has 0 amide bonds. The molecule has 7 nitrogen and oxygen atoms in total. The van der Waals surface area contributed by atoms with Crippen molar-refractivity contribution in [2.45, 2.75) is 24.7 Å². The molecule has 0 heterocycles. The molecule has 19 heavy (non-hydrogen) atoms. The number of esters is 1. The molecule has 0 aromatic heterocycles. The van der Waals surface area contributed by atoms with Crippen LogP contribution in [0.4, 0.5) is 0 Å². The highest BCUT2D eigenvalue weighted by atomic mass is 32.2. The fraction of sp³-hybridized carbons (Fsp3) is 0.364. The topological polar surface area (TPSA) is 121 Å². The average Bonchev–Trinajstić information content (AvgIpc) is 2.27. The van der Waals surface area contributed by atoms with Crippen LogP contribution in [0.5, 0.6) is 11.5 Å². The third kappa shape index (κ3) is 3.58. The molecule has 0 aliphatic rings. The van der Waals surface area contributed by atoms with Gasteiger partial charge in [0, 0.05) is 0 Å². The number of rotatable bonds is 5. The Labute approximate surface area is 110 Å². The second-order valence-electron chi connectivity index (χ2n) is 3.77. The Hall–Kier alpha value is -1.80. The first-order valence-electron chi connectivity index (χ1n) is 5.48. The van der Waals surface area contributed by atoms with Gasteiger partial charge < -0.3 is 14.9 Å². The molecule has 0 atom stereocenters. The van der Waals surface area contributed by atoms with Crippen molar-refractivity contribution in [1.29, 1.82) is 0 Å². The summed E-state index contributed by atoms with van der Waals surface area (Å²) in [4.78, 5) is 10.5. The van der Waals surface area contributed by atoms with Gasteiger partial charge >= 0.3 is 16.1 Å². The van der Waals surface area contributed by atoms with Gasteiger partial charge in [0.2, 0.25) is 0 Å². The van der Waals surface area contributed by atoms with Crippen LogP contribution < -0.4 is 0 Å². The van der Waals surface area contributed by atoms with Crippen molar-refractivity contribution < 1.29 is 32.7 Å². The first-order valence-corrected chi connectivity index (χ1v) is 6.92. The molecule has 0 fully saturated rings. The van der Waals surface area contributed by atoms with E-state index in [0.29, 0.717) is 6.42 Å². The summed E-state index contributed by atoms with van der Waals surface area (Å²) in [7, 11) is -4.85. The number of unbranched alkanes of at least 4 members (excludes halogenated alkanes) is 1. The van der Waals surface area contributed by atoms with E-state index in [2.05, 4.69) is 0 Å². The quantitative estimate of drug-likeness (QED) is 0.424. The molecule has 8 heteroatoms. The molecule has 106 valence electrons. The zero-order chi connectivity index (χ0) is 14.6. The van der Waals surface area contributed by atoms with Crippen molar-refractivity contribution in [3.63, 3.8) is 0 Å². The Morgan fingerprint density at radius 2 is 1.95 bits per heavy atom. The maximum atomic E-state index is 11.6. The van der Waals surface area contributed by atoms with Gasteiger partial charge in [-0.2, -0.15) is 8.42 Å². The Bertz CT molecular complexity index is 577. The Morgan fingerprint density at radius 1 is 1.32 bits per heavy atom. The number of phenolic OH excluding ortho intramolecular Hbond substituents is 2. The molecule has 0 unspecified atom stereocenters. The monoisotopic (exact) mass is 290 g/mol. The highest BCUT2D eigenvalue weighted by Crippen LogP contribution is 2.34. The molecule has 0 saturated heterocycles. The van der Waals surface area contributed by atoms with E-state index in [-0.39, 0.29) is 6.61 Å². The number of benzene rings is 1. The normalized spacial score (nSPS) is 11.3. The van der Waals surface area contributed by atoms with E-state index >= 15 is 0 Å². The molecule has 0 spiro atoms. The van der Waals surface area contributed by atoms with Gasteiger partial charge in [-0.15, -0.1) is 0 Å². The zero-order valence-corrected chi connectivity index (χ0v) is 11.0. The molecule has 0 bridgehead atoms. The fourth-order valence-electron chi connectivity index (χ4n) is 1.37. The summed E-state index contributed by atoms with van der Waals surface area (Å²) in [5.41, 5.74) is -0.443. The third-order valence-corrected chi connectivity index (χ3v) is 3.24. The lowest BCUT2D eigenvalue weighted by atomic mass is 10.2. The predicted molar refractivity (Wildman–Crippen MR) is 64.8 cm³/mol. The molecule has 3 N–H and O–H groups in total. The largest absolute Gasteiger partial charge is 0.506 e. The Morgan fingerprint density at radius 3 is 2.47 bits per heavy atom. The van der Waals surface area contributed by atoms with Crippen LogP contribution in [0.3, 0.4) is 0 Å². The number of aromatic hydroxyl groups is 2. The molecule has 0 saturated carbocycles. The summed E-state index contributed by atoms with van der Waals surface area (Å²) in [5, 5.41) is 18.9. The van der Waals surface area contributed by atoms with Crippen molar-refractivity contribution >= 4 is 16.1 Å². The van der Waals surface area contributed by atoms with Crippen molar-refractivity contribution in [2.24, 2.45) is 0 Å². The van der Waals surface area contributed by atoms with E-state index in [1.54, 1.807) is 0 Å². The van der Waals surface area contributed by atoms with Crippen molar-refractivity contribution in [3.05, 3.63) is 17.7 Å². The standard InChI is InChI=1S/C11H14O7S/c1-2-3-6-18-11(14)7-4-5-8(12)10(9(7)13)19(15,16)17/h4-5,12-13H,2-3,6H2,1H3,(H,15,16,17). The Kier molecular flexibility index (Phi) is 4.73. The summed E-state index contributed by atoms with van der Waals surface area (Å²) in [6, 6.07) is 1.88. The number of carbonyl (C=O) groups is 1. The summed E-state index contributed by atoms with van der Waals surface area (Å²) in [5.74, 6) is -2.83. The summed E-state index contributed by atoms with van der Waals surface area (Å²) < 4.78 is 35.7. The Balaban J connectivity index is 3.15. The smallest absolute Gasteiger partial charge is 0.341 e. The molecular weight excluding hydrogens is 276 g/mol. The van der Waals surface area contributed by atoms with Gasteiger partial charge in [0.05, 0.1) is 6.61 Å². The van der Waals surface area contributed by atoms with Crippen LogP contribution in [0.25, 0.3) is 0 Å². The van der Waals surface area contributed by atoms with E-state index in [4.69, 9.17) is 9.29 Å². The average molecular weight is 290 g/mol. The van der Waals surface area contributed by atoms with Crippen LogP contribution in [0.2, 0.25) is 0 Å². The van der Waals surface area contributed by atoms with Gasteiger partial charge in [0.15, 0.2) is 10.6 Å². The van der Waals surface area contributed by atoms with Crippen LogP contribution in [-0.2, 0) is 14.9 Å². The number of hydrogen-bond donors (Lipinski definition) is 3. The van der Waals surface area contributed by atoms with Gasteiger partial charge in [-0.05, 0) is 18.6 Å². The first kappa shape index (κ1) is 15.3. The lowest BCUT2D eigenvalue weighted by molar-refractivity contribution is 0.0496. The van der Waals surface area contributed by atoms with E-state index in [1.165, 1.54) is 0 Å². The summed E-state index contributed by atoms with van der Waals surface area (Å²) in [6.45, 7) is 2.01. The molecule has 0 aliphatic heterocycles. The minimum atomic E-state index is -4.85. The van der Waals surface area contributed by atoms with Crippen LogP contribution >= 0.6 is 0 Å². The fourth-order valence-corrected chi connectivity index (χ4v) is 2.05. The van der Waals surface area contributed by atoms with Crippen molar-refractivity contribution in [2.75, 3.05) is 6.61 Å². The maximum absolute atomic E-state index is 11.6. The van der Waals surface area contributed by atoms with Crippen molar-refractivity contribution in [1.82, 2.24) is 0 Å². The first-order chi connectivity index (χ1) is 8.79. The van der Waals surface area contributed by atoms with Crippen LogP contribution in [0, 0.1) is 0 Å². The number of ether oxygens (including phenoxy) is 1. The van der Waals surface area contributed by atoms with Gasteiger partial charge in [0.25, 0.3) is 0 Å². The van der Waals surface area contributed by atoms with Crippen LogP contribution in [-0.4, -0.2) is 35.8 Å². The van der Waals surface area contributed by atoms with E-state index in [1.807, 2.05) is 6.92 Å². The summed E-state index contributed by atoms with van der Waals surface area (Å²) >= 11 is 0. The molecule has 1 rings (SSSR count). The zero-order valence-electron chi connectivity index (χ0n) is 10.2. The maximum Gasteiger partial charge on any atom is 0.341 e. The molecule has 0 radical (unpaired) electrons.